The Morgan fingerprint density at radius 1 is 1.07 bits per heavy atom. The number of alkyl carbamates (subject to hydrolysis) is 1. The van der Waals surface area contributed by atoms with Gasteiger partial charge in [-0.2, -0.15) is 13.2 Å². The molecule has 3 heterocycles. The number of carbonyl (C=O) groups is 4. The van der Waals surface area contributed by atoms with Gasteiger partial charge in [0, 0.05) is 30.0 Å². The van der Waals surface area contributed by atoms with E-state index in [1.54, 1.807) is 19.1 Å². The maximum atomic E-state index is 14.7. The van der Waals surface area contributed by atoms with Crippen molar-refractivity contribution in [1.82, 2.24) is 25.2 Å². The van der Waals surface area contributed by atoms with Gasteiger partial charge in [-0.3, -0.25) is 19.1 Å². The van der Waals surface area contributed by atoms with Crippen LogP contribution in [0.1, 0.15) is 72.6 Å². The Balaban J connectivity index is 1.36. The molecule has 0 unspecified atom stereocenters. The highest BCUT2D eigenvalue weighted by atomic mass is 32.2. The summed E-state index contributed by atoms with van der Waals surface area (Å²) in [4.78, 5) is 61.3. The van der Waals surface area contributed by atoms with E-state index in [1.165, 1.54) is 25.4 Å². The number of methoxy groups -OCH3 is 1. The van der Waals surface area contributed by atoms with Gasteiger partial charge in [0.15, 0.2) is 0 Å². The molecule has 4 amide bonds. The first-order valence-electron chi connectivity index (χ1n) is 18.9. The number of benzene rings is 1. The second-order valence-corrected chi connectivity index (χ2v) is 18.1. The molecule has 3 N–H and O–H groups in total. The predicted octanol–water partition coefficient (Wildman–Crippen LogP) is 4.66. The van der Waals surface area contributed by atoms with Gasteiger partial charge in [-0.15, -0.1) is 0 Å². The standard InChI is InChI=1S/C38H47F4N5O9S/c1-20-8-6-7-9-22-18-37(22,34(50)46-57(52,53)25-10-11-25)45-31(48)28-17-24(55-32-27-15-23(39)16-29(54-5)26(27)12-13-43-32)19-47(28)33(49)30(21(2)14-20)44-35(51)56-36(3,4)38(40,41)42/h7,9,12-13,15-16,20-22,24-25,28,30H,6,8,10-11,14,17-19H2,1-5H3,(H,44,51)(H,45,48)(H,46,50)/b9-7-/t20-,21+,22+,24+,28-,30-,37+/m0/s1. The van der Waals surface area contributed by atoms with E-state index in [9.17, 15) is 45.2 Å². The Morgan fingerprint density at radius 3 is 2.46 bits per heavy atom. The molecule has 1 aromatic heterocycles. The predicted molar refractivity (Wildman–Crippen MR) is 197 cm³/mol. The van der Waals surface area contributed by atoms with Crippen molar-refractivity contribution in [3.63, 3.8) is 0 Å². The third-order valence-electron chi connectivity index (χ3n) is 11.2. The molecule has 57 heavy (non-hydrogen) atoms. The van der Waals surface area contributed by atoms with E-state index in [1.807, 2.05) is 13.0 Å². The van der Waals surface area contributed by atoms with Crippen molar-refractivity contribution < 1.29 is 59.4 Å². The Hall–Kier alpha value is -4.68. The van der Waals surface area contributed by atoms with Gasteiger partial charge in [0.1, 0.15) is 35.3 Å². The number of amides is 4. The molecule has 7 atom stereocenters. The van der Waals surface area contributed by atoms with E-state index in [-0.39, 0.29) is 42.3 Å². The number of aromatic nitrogens is 1. The molecular weight excluding hydrogens is 779 g/mol. The van der Waals surface area contributed by atoms with Crippen LogP contribution in [0.15, 0.2) is 36.5 Å². The highest BCUT2D eigenvalue weighted by molar-refractivity contribution is 7.91. The van der Waals surface area contributed by atoms with Gasteiger partial charge in [0.2, 0.25) is 33.3 Å². The van der Waals surface area contributed by atoms with Crippen molar-refractivity contribution >= 4 is 44.6 Å². The Kier molecular flexibility index (Phi) is 11.5. The summed E-state index contributed by atoms with van der Waals surface area (Å²) in [7, 11) is -2.64. The third-order valence-corrected chi connectivity index (χ3v) is 13.0. The lowest BCUT2D eigenvalue weighted by atomic mass is 9.88. The van der Waals surface area contributed by atoms with E-state index in [0.717, 1.165) is 4.90 Å². The number of alkyl halides is 3. The molecule has 19 heteroatoms. The number of rotatable bonds is 8. The first-order valence-corrected chi connectivity index (χ1v) is 20.4. The van der Waals surface area contributed by atoms with Crippen LogP contribution in [0.3, 0.4) is 0 Å². The first-order chi connectivity index (χ1) is 26.7. The average molecular weight is 826 g/mol. The summed E-state index contributed by atoms with van der Waals surface area (Å²) in [5, 5.41) is 5.04. The molecule has 2 saturated carbocycles. The fraction of sp³-hybridized carbons (Fsp3) is 0.605. The molecule has 2 aliphatic carbocycles. The van der Waals surface area contributed by atoms with E-state index < -0.39 is 92.2 Å². The molecule has 3 fully saturated rings. The second-order valence-electron chi connectivity index (χ2n) is 16.1. The van der Waals surface area contributed by atoms with Gasteiger partial charge in [-0.05, 0) is 76.3 Å². The molecule has 2 aliphatic heterocycles. The normalized spacial score (nSPS) is 29.2. The van der Waals surface area contributed by atoms with Crippen molar-refractivity contribution in [1.29, 1.82) is 0 Å². The zero-order valence-corrected chi connectivity index (χ0v) is 33.0. The number of ether oxygens (including phenoxy) is 3. The van der Waals surface area contributed by atoms with Gasteiger partial charge >= 0.3 is 12.3 Å². The van der Waals surface area contributed by atoms with Gasteiger partial charge in [-0.25, -0.2) is 22.6 Å². The SMILES string of the molecule is COc1cc(F)cc2c(O[C@@H]3C[C@H]4C(=O)N[C@]5(C(=O)NS(=O)(=O)C6CC6)C[C@H]5/C=C\CC[C@H](C)C[C@@H](C)[C@H](NC(=O)OC(C)(C)C(F)(F)F)C(=O)N4C3)nccc12. The minimum Gasteiger partial charge on any atom is -0.496 e. The number of nitrogens with zero attached hydrogens (tertiary/aromatic N) is 2. The highest BCUT2D eigenvalue weighted by Crippen LogP contribution is 2.46. The summed E-state index contributed by atoms with van der Waals surface area (Å²) in [6, 6.07) is 1.08. The van der Waals surface area contributed by atoms with Gasteiger partial charge in [-0.1, -0.05) is 26.0 Å². The molecule has 6 rings (SSSR count). The summed E-state index contributed by atoms with van der Waals surface area (Å²) >= 11 is 0. The molecule has 4 aliphatic rings. The number of pyridine rings is 1. The number of nitrogens with one attached hydrogen (secondary N) is 3. The topological polar surface area (TPSA) is 182 Å². The Morgan fingerprint density at radius 2 is 1.79 bits per heavy atom. The van der Waals surface area contributed by atoms with Crippen molar-refractivity contribution in [2.45, 2.75) is 113 Å². The molecule has 14 nitrogen and oxygen atoms in total. The Labute approximate surface area is 327 Å². The number of allylic oxidation sites excluding steroid dienone is 1. The van der Waals surface area contributed by atoms with E-state index in [2.05, 4.69) is 20.3 Å². The van der Waals surface area contributed by atoms with Crippen molar-refractivity contribution in [2.24, 2.45) is 17.8 Å². The van der Waals surface area contributed by atoms with Crippen LogP contribution in [0, 0.1) is 23.6 Å². The largest absolute Gasteiger partial charge is 0.496 e. The molecular formula is C38H47F4N5O9S. The third kappa shape index (κ3) is 8.92. The summed E-state index contributed by atoms with van der Waals surface area (Å²) in [6.45, 7) is 4.60. The van der Waals surface area contributed by atoms with Crippen LogP contribution in [0.2, 0.25) is 0 Å². The molecule has 2 aromatic rings. The monoisotopic (exact) mass is 825 g/mol. The average Bonchev–Trinajstić information content (AvgIpc) is 4.04. The zero-order chi connectivity index (χ0) is 41.7. The number of halogens is 4. The summed E-state index contributed by atoms with van der Waals surface area (Å²) < 4.78 is 99.9. The summed E-state index contributed by atoms with van der Waals surface area (Å²) in [5.41, 5.74) is -4.58. The zero-order valence-electron chi connectivity index (χ0n) is 32.2. The van der Waals surface area contributed by atoms with Crippen molar-refractivity contribution in [3.05, 3.63) is 42.4 Å². The van der Waals surface area contributed by atoms with Gasteiger partial charge in [0.25, 0.3) is 5.91 Å². The number of carbonyl (C=O) groups excluding carboxylic acids is 4. The van der Waals surface area contributed by atoms with Gasteiger partial charge in [0.05, 0.1) is 24.3 Å². The number of sulfonamides is 1. The minimum absolute atomic E-state index is 0.0470. The van der Waals surface area contributed by atoms with Crippen LogP contribution >= 0.6 is 0 Å². The maximum Gasteiger partial charge on any atom is 0.427 e. The molecule has 1 aromatic carbocycles. The Bertz CT molecular complexity index is 2060. The van der Waals surface area contributed by atoms with Crippen LogP contribution in [-0.4, -0.2) is 96.5 Å². The van der Waals surface area contributed by atoms with E-state index >= 15 is 0 Å². The number of hydrogen-bond donors (Lipinski definition) is 3. The van der Waals surface area contributed by atoms with Gasteiger partial charge < -0.3 is 29.7 Å². The van der Waals surface area contributed by atoms with Crippen LogP contribution < -0.4 is 24.8 Å². The second kappa shape index (κ2) is 15.6. The molecule has 312 valence electrons. The smallest absolute Gasteiger partial charge is 0.427 e. The number of fused-ring (bicyclic) bond motifs is 3. The maximum absolute atomic E-state index is 14.7. The summed E-state index contributed by atoms with van der Waals surface area (Å²) in [5.74, 6) is -4.40. The minimum atomic E-state index is -4.93. The highest BCUT2D eigenvalue weighted by Gasteiger charge is 2.62. The number of hydrogen-bond acceptors (Lipinski definition) is 10. The van der Waals surface area contributed by atoms with Crippen LogP contribution in [0.25, 0.3) is 10.8 Å². The molecule has 0 bridgehead atoms. The van der Waals surface area contributed by atoms with Crippen molar-refractivity contribution in [2.75, 3.05) is 13.7 Å². The molecule has 0 radical (unpaired) electrons. The lowest BCUT2D eigenvalue weighted by Crippen LogP contribution is -2.59. The summed E-state index contributed by atoms with van der Waals surface area (Å²) in [6.07, 6.45) is -0.334. The first kappa shape index (κ1) is 41.9. The fourth-order valence-corrected chi connectivity index (χ4v) is 8.92. The lowest BCUT2D eigenvalue weighted by Gasteiger charge is -2.34. The lowest BCUT2D eigenvalue weighted by molar-refractivity contribution is -0.244. The molecule has 1 saturated heterocycles. The molecule has 0 spiro atoms. The quantitative estimate of drug-likeness (QED) is 0.250. The van der Waals surface area contributed by atoms with E-state index in [0.29, 0.717) is 51.3 Å². The van der Waals surface area contributed by atoms with Crippen molar-refractivity contribution in [3.8, 4) is 11.6 Å². The van der Waals surface area contributed by atoms with E-state index in [4.69, 9.17) is 14.2 Å². The fourth-order valence-electron chi connectivity index (χ4n) is 7.56. The van der Waals surface area contributed by atoms with Crippen LogP contribution in [0.5, 0.6) is 11.6 Å². The van der Waals surface area contributed by atoms with Crippen LogP contribution in [-0.2, 0) is 29.1 Å². The van der Waals surface area contributed by atoms with Crippen LogP contribution in [0.4, 0.5) is 22.4 Å².